The quantitative estimate of drug-likeness (QED) is 0.127. The first-order valence-electron chi connectivity index (χ1n) is 25.8. The molecule has 0 amide bonds. The van der Waals surface area contributed by atoms with Gasteiger partial charge in [-0.15, -0.1) is 0 Å². The average Bonchev–Trinajstić information content (AvgIpc) is 4.22. The SMILES string of the molecule is O=C([O-])c1ccco1.O=C([O-])c1ccco1.O=C([O-])c1ccco1.O=C1CCCCC1[SH+]CC1CCCCC1.O=C1CCCCC1[SH+]CC1CCCCC1.O=C1CCCCC1[SH+]CC1CCCCC1. The highest BCUT2D eigenvalue weighted by atomic mass is 32.2. The molecule has 0 spiro atoms. The van der Waals surface area contributed by atoms with Crippen LogP contribution in [0.25, 0.3) is 0 Å². The van der Waals surface area contributed by atoms with E-state index in [4.69, 9.17) is 0 Å². The van der Waals surface area contributed by atoms with E-state index in [0.29, 0.717) is 33.1 Å². The zero-order valence-corrected chi connectivity index (χ0v) is 43.3. The topological polar surface area (TPSA) is 211 Å². The van der Waals surface area contributed by atoms with E-state index in [1.54, 1.807) is 0 Å². The van der Waals surface area contributed by atoms with Crippen molar-refractivity contribution in [3.05, 3.63) is 72.5 Å². The third-order valence-corrected chi connectivity index (χ3v) is 18.8. The summed E-state index contributed by atoms with van der Waals surface area (Å²) >= 11 is 4.36. The van der Waals surface area contributed by atoms with Crippen molar-refractivity contribution in [2.75, 3.05) is 17.3 Å². The molecular formula is C54H78O12S3. The van der Waals surface area contributed by atoms with Crippen LogP contribution in [0.3, 0.4) is 0 Å². The summed E-state index contributed by atoms with van der Waals surface area (Å²) in [6.07, 6.45) is 38.7. The molecule has 6 saturated carbocycles. The van der Waals surface area contributed by atoms with Crippen molar-refractivity contribution in [2.24, 2.45) is 17.8 Å². The molecule has 9 rings (SSSR count). The number of aromatic carboxylic acids is 3. The minimum Gasteiger partial charge on any atom is -0.542 e. The highest BCUT2D eigenvalue weighted by molar-refractivity contribution is 7.80. The van der Waals surface area contributed by atoms with Crippen molar-refractivity contribution in [1.82, 2.24) is 0 Å². The van der Waals surface area contributed by atoms with E-state index >= 15 is 0 Å². The Morgan fingerprint density at radius 3 is 0.826 bits per heavy atom. The lowest BCUT2D eigenvalue weighted by Crippen LogP contribution is -2.29. The molecule has 3 atom stereocenters. The minimum atomic E-state index is -1.28. The van der Waals surface area contributed by atoms with E-state index in [-0.39, 0.29) is 17.3 Å². The molecule has 0 aliphatic heterocycles. The van der Waals surface area contributed by atoms with Gasteiger partial charge in [0.1, 0.15) is 52.4 Å². The summed E-state index contributed by atoms with van der Waals surface area (Å²) in [6.45, 7) is 0. The number of hydrogen-bond donors (Lipinski definition) is 0. The van der Waals surface area contributed by atoms with Gasteiger partial charge in [-0.1, -0.05) is 57.8 Å². The molecule has 6 aliphatic carbocycles. The molecule has 3 aromatic heterocycles. The van der Waals surface area contributed by atoms with E-state index in [1.165, 1.54) is 243 Å². The van der Waals surface area contributed by atoms with Crippen molar-refractivity contribution in [3.8, 4) is 0 Å². The predicted octanol–water partition coefficient (Wildman–Crippen LogP) is 7.61. The fraction of sp³-hybridized carbons (Fsp3) is 0.667. The number of carbonyl (C=O) groups is 6. The van der Waals surface area contributed by atoms with Gasteiger partial charge in [-0.2, -0.15) is 0 Å². The third kappa shape index (κ3) is 24.3. The summed E-state index contributed by atoms with van der Waals surface area (Å²) in [5, 5.41) is 30.8. The summed E-state index contributed by atoms with van der Waals surface area (Å²) in [5.41, 5.74) is 0. The van der Waals surface area contributed by atoms with Crippen molar-refractivity contribution in [2.45, 2.75) is 189 Å². The van der Waals surface area contributed by atoms with Crippen LogP contribution in [0.5, 0.6) is 0 Å². The Morgan fingerprint density at radius 2 is 0.638 bits per heavy atom. The van der Waals surface area contributed by atoms with Crippen LogP contribution < -0.4 is 15.3 Å². The first kappa shape index (κ1) is 57.9. The Hall–Kier alpha value is -3.69. The molecule has 6 fully saturated rings. The van der Waals surface area contributed by atoms with Gasteiger partial charge in [-0.25, -0.2) is 0 Å². The van der Waals surface area contributed by atoms with Crippen molar-refractivity contribution in [1.29, 1.82) is 0 Å². The molecule has 69 heavy (non-hydrogen) atoms. The second-order valence-electron chi connectivity index (χ2n) is 19.1. The molecule has 0 bridgehead atoms. The van der Waals surface area contributed by atoms with Crippen LogP contribution in [-0.4, -0.2) is 68.3 Å². The zero-order chi connectivity index (χ0) is 49.5. The fourth-order valence-corrected chi connectivity index (χ4v) is 14.4. The number of hydrogen-bond acceptors (Lipinski definition) is 12. The van der Waals surface area contributed by atoms with Gasteiger partial charge < -0.3 is 43.0 Å². The third-order valence-electron chi connectivity index (χ3n) is 13.7. The Morgan fingerprint density at radius 1 is 0.391 bits per heavy atom. The van der Waals surface area contributed by atoms with Crippen LogP contribution in [-0.2, 0) is 49.7 Å². The lowest BCUT2D eigenvalue weighted by atomic mass is 9.91. The normalized spacial score (nSPS) is 22.3. The monoisotopic (exact) mass is 1010 g/mol. The van der Waals surface area contributed by atoms with E-state index < -0.39 is 17.9 Å². The predicted molar refractivity (Wildman–Crippen MR) is 272 cm³/mol. The first-order valence-corrected chi connectivity index (χ1v) is 29.3. The Balaban J connectivity index is 0.000000185. The highest BCUT2D eigenvalue weighted by Crippen LogP contribution is 2.28. The Kier molecular flexibility index (Phi) is 29.0. The molecule has 0 N–H and O–H groups in total. The van der Waals surface area contributed by atoms with Crippen LogP contribution in [0.1, 0.15) is 205 Å². The van der Waals surface area contributed by atoms with Crippen LogP contribution in [0.2, 0.25) is 0 Å². The molecule has 3 aromatic rings. The number of carboxylic acids is 3. The lowest BCUT2D eigenvalue weighted by molar-refractivity contribution is -0.258. The zero-order valence-electron chi connectivity index (χ0n) is 40.6. The maximum Gasteiger partial charge on any atom is 0.184 e. The summed E-state index contributed by atoms with van der Waals surface area (Å²) in [6, 6.07) is 8.46. The standard InChI is InChI=1S/3C13H22OS.3C5H4O3/c3*14-12-8-4-5-9-13(12)15-10-11-6-2-1-3-7-11;3*6-5(7)4-2-1-3-8-4/h3*11,13H,1-10H2;3*1-3H,(H,6,7). The number of ketones is 3. The maximum atomic E-state index is 11.7. The second-order valence-corrected chi connectivity index (χ2v) is 23.1. The van der Waals surface area contributed by atoms with Gasteiger partial charge in [0.15, 0.2) is 33.1 Å². The van der Waals surface area contributed by atoms with Crippen molar-refractivity contribution >= 4 is 70.5 Å². The summed E-state index contributed by atoms with van der Waals surface area (Å²) in [4.78, 5) is 64.6. The van der Waals surface area contributed by atoms with Gasteiger partial charge in [0.05, 0.1) is 18.8 Å². The summed E-state index contributed by atoms with van der Waals surface area (Å²) < 4.78 is 13.3. The summed E-state index contributed by atoms with van der Waals surface area (Å²) in [5.74, 6) is 4.14. The minimum absolute atomic E-state index is 0.134. The first-order chi connectivity index (χ1) is 33.5. The number of carboxylic acid groups (broad SMARTS) is 3. The van der Waals surface area contributed by atoms with E-state index in [1.807, 2.05) is 0 Å². The molecule has 384 valence electrons. The molecule has 3 heterocycles. The van der Waals surface area contributed by atoms with E-state index in [0.717, 1.165) is 56.3 Å². The van der Waals surface area contributed by atoms with Gasteiger partial charge in [-0.3, -0.25) is 14.4 Å². The van der Waals surface area contributed by atoms with Crippen LogP contribution in [0, 0.1) is 17.8 Å². The molecule has 0 radical (unpaired) electrons. The molecule has 6 aliphatic rings. The summed E-state index contributed by atoms with van der Waals surface area (Å²) in [7, 11) is 0. The second kappa shape index (κ2) is 34.6. The van der Waals surface area contributed by atoms with Crippen LogP contribution in [0.4, 0.5) is 0 Å². The number of Topliss-reactive ketones (excluding diaryl/α,β-unsaturated/α-hetero) is 3. The molecular weight excluding hydrogens is 937 g/mol. The molecule has 3 unspecified atom stereocenters. The molecule has 0 saturated heterocycles. The molecule has 15 heteroatoms. The van der Waals surface area contributed by atoms with E-state index in [2.05, 4.69) is 13.3 Å². The van der Waals surface area contributed by atoms with Gasteiger partial charge in [-0.05, 0) is 149 Å². The number of furan rings is 3. The fourth-order valence-electron chi connectivity index (χ4n) is 9.60. The largest absolute Gasteiger partial charge is 0.542 e. The maximum absolute atomic E-state index is 11.7. The smallest absolute Gasteiger partial charge is 0.184 e. The Bertz CT molecular complexity index is 1650. The van der Waals surface area contributed by atoms with Crippen LogP contribution >= 0.6 is 0 Å². The average molecular weight is 1020 g/mol. The van der Waals surface area contributed by atoms with Crippen molar-refractivity contribution < 1.29 is 57.3 Å². The van der Waals surface area contributed by atoms with Crippen molar-refractivity contribution in [3.63, 3.8) is 0 Å². The van der Waals surface area contributed by atoms with Crippen LogP contribution in [0.15, 0.2) is 68.4 Å². The number of thiol groups is 3. The number of carbonyl (C=O) groups excluding carboxylic acids is 6. The van der Waals surface area contributed by atoms with Gasteiger partial charge in [0, 0.05) is 56.3 Å². The van der Waals surface area contributed by atoms with Gasteiger partial charge >= 0.3 is 0 Å². The highest BCUT2D eigenvalue weighted by Gasteiger charge is 2.32. The lowest BCUT2D eigenvalue weighted by Gasteiger charge is -2.20. The van der Waals surface area contributed by atoms with E-state index in [9.17, 15) is 44.1 Å². The molecule has 0 aromatic carbocycles. The number of rotatable bonds is 12. The molecule has 12 nitrogen and oxygen atoms in total. The Labute approximate surface area is 422 Å². The van der Waals surface area contributed by atoms with Gasteiger partial charge in [0.2, 0.25) is 0 Å². The van der Waals surface area contributed by atoms with Gasteiger partial charge in [0.25, 0.3) is 0 Å².